The van der Waals surface area contributed by atoms with Gasteiger partial charge in [-0.3, -0.25) is 4.57 Å². The van der Waals surface area contributed by atoms with Gasteiger partial charge in [-0.15, -0.1) is 0 Å². The molecule has 4 aromatic carbocycles. The van der Waals surface area contributed by atoms with E-state index in [2.05, 4.69) is 41.1 Å². The van der Waals surface area contributed by atoms with E-state index in [-0.39, 0.29) is 0 Å². The van der Waals surface area contributed by atoms with Gasteiger partial charge in [-0.05, 0) is 35.4 Å². The third-order valence-corrected chi connectivity index (χ3v) is 8.40. The Morgan fingerprint density at radius 3 is 1.93 bits per heavy atom. The minimum Gasteiger partial charge on any atom is -0.311 e. The number of anilines is 1. The number of hydrogen-bond donors (Lipinski definition) is 0. The Balaban J connectivity index is 1.80. The van der Waals surface area contributed by atoms with Gasteiger partial charge in [0, 0.05) is 16.2 Å². The first-order valence-corrected chi connectivity index (χ1v) is 11.1. The first-order valence-electron chi connectivity index (χ1n) is 9.45. The second-order valence-electron chi connectivity index (χ2n) is 6.99. The lowest BCUT2D eigenvalue weighted by molar-refractivity contribution is 0.583. The van der Waals surface area contributed by atoms with Crippen LogP contribution >= 0.6 is 7.29 Å². The summed E-state index contributed by atoms with van der Waals surface area (Å²) in [6.07, 6.45) is 0. The molecule has 0 fully saturated rings. The van der Waals surface area contributed by atoms with Crippen molar-refractivity contribution < 1.29 is 4.57 Å². The Kier molecular flexibility index (Phi) is 4.15. The number of fused-ring (bicyclic) bond motifs is 3. The number of hydrogen-bond acceptors (Lipinski definition) is 1. The van der Waals surface area contributed by atoms with Crippen molar-refractivity contribution in [2.75, 3.05) is 4.67 Å². The van der Waals surface area contributed by atoms with E-state index in [0.717, 1.165) is 33.0 Å². The zero-order valence-electron chi connectivity index (χ0n) is 15.4. The highest BCUT2D eigenvalue weighted by Crippen LogP contribution is 2.58. The SMILES string of the molecule is O=[P@@]1(c2ccccc2)c2ccccc2-c2ccccc2N1Cc1ccccc1. The molecule has 3 heteroatoms. The van der Waals surface area contributed by atoms with Crippen LogP contribution in [0.25, 0.3) is 11.1 Å². The Morgan fingerprint density at radius 2 is 1.18 bits per heavy atom. The molecule has 0 radical (unpaired) electrons. The monoisotopic (exact) mass is 381 g/mol. The molecule has 1 heterocycles. The molecule has 0 spiro atoms. The van der Waals surface area contributed by atoms with Gasteiger partial charge in [0.1, 0.15) is 0 Å². The lowest BCUT2D eigenvalue weighted by Crippen LogP contribution is -2.36. The van der Waals surface area contributed by atoms with E-state index in [1.54, 1.807) is 0 Å². The molecule has 5 rings (SSSR count). The van der Waals surface area contributed by atoms with Crippen LogP contribution in [0, 0.1) is 0 Å². The van der Waals surface area contributed by atoms with Gasteiger partial charge in [0.15, 0.2) is 0 Å². The molecule has 0 aromatic heterocycles. The van der Waals surface area contributed by atoms with Crippen LogP contribution in [0.5, 0.6) is 0 Å². The minimum absolute atomic E-state index is 0.596. The van der Waals surface area contributed by atoms with Gasteiger partial charge in [-0.2, -0.15) is 0 Å². The summed E-state index contributed by atoms with van der Waals surface area (Å²) in [5.74, 6) is 0. The highest BCUT2D eigenvalue weighted by molar-refractivity contribution is 7.80. The lowest BCUT2D eigenvalue weighted by atomic mass is 10.0. The third-order valence-electron chi connectivity index (χ3n) is 5.32. The molecular weight excluding hydrogens is 361 g/mol. The van der Waals surface area contributed by atoms with Crippen molar-refractivity contribution >= 4 is 23.6 Å². The lowest BCUT2D eigenvalue weighted by Gasteiger charge is -2.40. The molecule has 0 amide bonds. The van der Waals surface area contributed by atoms with Crippen molar-refractivity contribution in [3.8, 4) is 11.1 Å². The van der Waals surface area contributed by atoms with Crippen LogP contribution in [0.3, 0.4) is 0 Å². The second-order valence-corrected chi connectivity index (χ2v) is 9.62. The zero-order chi connectivity index (χ0) is 19.0. The summed E-state index contributed by atoms with van der Waals surface area (Å²) in [5.41, 5.74) is 4.37. The Hall–Kier alpha value is -3.09. The van der Waals surface area contributed by atoms with Gasteiger partial charge in [-0.25, -0.2) is 0 Å². The average molecular weight is 381 g/mol. The van der Waals surface area contributed by atoms with Crippen molar-refractivity contribution in [1.29, 1.82) is 0 Å². The molecule has 1 atom stereocenters. The maximum absolute atomic E-state index is 14.9. The first kappa shape index (κ1) is 17.0. The molecule has 0 saturated carbocycles. The quantitative estimate of drug-likeness (QED) is 0.430. The van der Waals surface area contributed by atoms with E-state index in [0.29, 0.717) is 6.54 Å². The van der Waals surface area contributed by atoms with Gasteiger partial charge >= 0.3 is 0 Å². The van der Waals surface area contributed by atoms with Crippen molar-refractivity contribution in [2.24, 2.45) is 0 Å². The molecule has 0 aliphatic carbocycles. The molecule has 1 aliphatic heterocycles. The number of nitrogens with zero attached hydrogens (tertiary/aromatic N) is 1. The van der Waals surface area contributed by atoms with Crippen molar-refractivity contribution in [1.82, 2.24) is 0 Å². The van der Waals surface area contributed by atoms with Crippen LogP contribution in [-0.4, -0.2) is 0 Å². The fraction of sp³-hybridized carbons (Fsp3) is 0.0400. The van der Waals surface area contributed by atoms with Crippen LogP contribution in [0.2, 0.25) is 0 Å². The predicted octanol–water partition coefficient (Wildman–Crippen LogP) is 5.60. The molecule has 2 nitrogen and oxygen atoms in total. The van der Waals surface area contributed by atoms with Crippen LogP contribution in [0.4, 0.5) is 5.69 Å². The van der Waals surface area contributed by atoms with Crippen LogP contribution in [0.15, 0.2) is 109 Å². The maximum Gasteiger partial charge on any atom is 0.230 e. The molecule has 28 heavy (non-hydrogen) atoms. The molecular formula is C25H20NOP. The summed E-state index contributed by atoms with van der Waals surface area (Å²) in [4.78, 5) is 0. The van der Waals surface area contributed by atoms with Gasteiger partial charge in [0.2, 0.25) is 7.29 Å². The Bertz CT molecular complexity index is 1170. The summed E-state index contributed by atoms with van der Waals surface area (Å²) in [6.45, 7) is 0.596. The third kappa shape index (κ3) is 2.61. The molecule has 0 unspecified atom stereocenters. The molecule has 0 saturated heterocycles. The smallest absolute Gasteiger partial charge is 0.230 e. The Morgan fingerprint density at radius 1 is 0.607 bits per heavy atom. The highest BCUT2D eigenvalue weighted by Gasteiger charge is 2.41. The van der Waals surface area contributed by atoms with Crippen molar-refractivity contribution in [2.45, 2.75) is 6.54 Å². The minimum atomic E-state index is -3.03. The summed E-state index contributed by atoms with van der Waals surface area (Å²) < 4.78 is 17.0. The fourth-order valence-corrected chi connectivity index (χ4v) is 7.07. The summed E-state index contributed by atoms with van der Waals surface area (Å²) in [6, 6.07) is 36.6. The van der Waals surface area contributed by atoms with E-state index in [1.807, 2.05) is 72.8 Å². The molecule has 1 aliphatic rings. The fourth-order valence-electron chi connectivity index (χ4n) is 4.02. The highest BCUT2D eigenvalue weighted by atomic mass is 31.2. The van der Waals surface area contributed by atoms with Gasteiger partial charge in [0.25, 0.3) is 0 Å². The van der Waals surface area contributed by atoms with Crippen LogP contribution < -0.4 is 15.3 Å². The first-order chi connectivity index (χ1) is 13.8. The van der Waals surface area contributed by atoms with Crippen LogP contribution in [0.1, 0.15) is 5.56 Å². The van der Waals surface area contributed by atoms with E-state index >= 15 is 0 Å². The number of para-hydroxylation sites is 1. The van der Waals surface area contributed by atoms with E-state index in [4.69, 9.17) is 0 Å². The maximum atomic E-state index is 14.9. The predicted molar refractivity (Wildman–Crippen MR) is 118 cm³/mol. The molecule has 0 N–H and O–H groups in total. The van der Waals surface area contributed by atoms with Gasteiger partial charge < -0.3 is 4.67 Å². The molecule has 4 aromatic rings. The average Bonchev–Trinajstić information content (AvgIpc) is 2.78. The summed E-state index contributed by atoms with van der Waals surface area (Å²) >= 11 is 0. The van der Waals surface area contributed by atoms with Crippen LogP contribution in [-0.2, 0) is 11.1 Å². The normalized spacial score (nSPS) is 17.6. The standard InChI is InChI=1S/C25H20NOP/c27-28(21-13-5-2-6-14-21)25-18-10-8-16-23(25)22-15-7-9-17-24(22)26(28)19-20-11-3-1-4-12-20/h1-18H,19H2/t28-/m0/s1. The number of benzene rings is 4. The summed E-state index contributed by atoms with van der Waals surface area (Å²) in [7, 11) is -3.03. The van der Waals surface area contributed by atoms with Crippen molar-refractivity contribution in [3.63, 3.8) is 0 Å². The van der Waals surface area contributed by atoms with Crippen molar-refractivity contribution in [3.05, 3.63) is 115 Å². The van der Waals surface area contributed by atoms with Gasteiger partial charge in [0.05, 0.1) is 12.2 Å². The number of rotatable bonds is 3. The largest absolute Gasteiger partial charge is 0.311 e. The van der Waals surface area contributed by atoms with E-state index < -0.39 is 7.29 Å². The summed E-state index contributed by atoms with van der Waals surface area (Å²) in [5, 5.41) is 1.78. The van der Waals surface area contributed by atoms with E-state index in [1.165, 1.54) is 0 Å². The topological polar surface area (TPSA) is 20.3 Å². The molecule has 0 bridgehead atoms. The second kappa shape index (κ2) is 6.82. The van der Waals surface area contributed by atoms with E-state index in [9.17, 15) is 4.57 Å². The Labute approximate surface area is 165 Å². The zero-order valence-corrected chi connectivity index (χ0v) is 16.3. The van der Waals surface area contributed by atoms with Gasteiger partial charge in [-0.1, -0.05) is 84.9 Å². The molecule has 136 valence electrons.